The Hall–Kier alpha value is -2.88. The number of likely N-dealkylation sites (N-methyl/N-ethyl adjacent to an activating group) is 1. The van der Waals surface area contributed by atoms with E-state index in [9.17, 15) is 18.0 Å². The molecule has 36 heavy (non-hydrogen) atoms. The van der Waals surface area contributed by atoms with Gasteiger partial charge in [-0.2, -0.15) is 0 Å². The third-order valence-corrected chi connectivity index (χ3v) is 7.78. The second-order valence-electron chi connectivity index (χ2n) is 8.15. The molecule has 1 atom stereocenters. The highest BCUT2D eigenvalue weighted by Gasteiger charge is 2.33. The molecule has 2 amide bonds. The SMILES string of the molecule is CNC(=O)C(Cc1ccccc1)N(Cc1ccccc1Cl)C(=O)CN(c1ccccc1Br)S(C)(=O)=O. The molecular weight excluding hydrogens is 566 g/mol. The summed E-state index contributed by atoms with van der Waals surface area (Å²) in [6, 6.07) is 22.2. The largest absolute Gasteiger partial charge is 0.357 e. The van der Waals surface area contributed by atoms with Crippen LogP contribution in [0.25, 0.3) is 0 Å². The molecule has 190 valence electrons. The maximum absolute atomic E-state index is 13.8. The van der Waals surface area contributed by atoms with Gasteiger partial charge in [-0.15, -0.1) is 0 Å². The first-order valence-electron chi connectivity index (χ1n) is 11.1. The Balaban J connectivity index is 2.05. The summed E-state index contributed by atoms with van der Waals surface area (Å²) < 4.78 is 27.0. The summed E-state index contributed by atoms with van der Waals surface area (Å²) in [7, 11) is -2.33. The minimum Gasteiger partial charge on any atom is -0.357 e. The number of para-hydroxylation sites is 1. The van der Waals surface area contributed by atoms with Crippen LogP contribution in [0.15, 0.2) is 83.3 Å². The van der Waals surface area contributed by atoms with Gasteiger partial charge >= 0.3 is 0 Å². The van der Waals surface area contributed by atoms with Gasteiger partial charge in [-0.05, 0) is 45.3 Å². The molecule has 0 aliphatic carbocycles. The van der Waals surface area contributed by atoms with E-state index in [1.807, 2.05) is 30.3 Å². The molecule has 0 heterocycles. The minimum absolute atomic E-state index is 0.0248. The van der Waals surface area contributed by atoms with Crippen molar-refractivity contribution in [2.45, 2.75) is 19.0 Å². The fourth-order valence-electron chi connectivity index (χ4n) is 3.78. The van der Waals surface area contributed by atoms with E-state index in [2.05, 4.69) is 21.2 Å². The fourth-order valence-corrected chi connectivity index (χ4v) is 5.45. The second-order valence-corrected chi connectivity index (χ2v) is 11.3. The van der Waals surface area contributed by atoms with Crippen LogP contribution in [0.1, 0.15) is 11.1 Å². The number of anilines is 1. The lowest BCUT2D eigenvalue weighted by atomic mass is 10.0. The summed E-state index contributed by atoms with van der Waals surface area (Å²) in [5.41, 5.74) is 1.82. The summed E-state index contributed by atoms with van der Waals surface area (Å²) in [6.07, 6.45) is 1.28. The van der Waals surface area contributed by atoms with Crippen molar-refractivity contribution in [2.24, 2.45) is 0 Å². The van der Waals surface area contributed by atoms with Crippen molar-refractivity contribution < 1.29 is 18.0 Å². The monoisotopic (exact) mass is 591 g/mol. The van der Waals surface area contributed by atoms with Gasteiger partial charge in [0.1, 0.15) is 12.6 Å². The Morgan fingerprint density at radius 3 is 2.19 bits per heavy atom. The molecule has 3 aromatic carbocycles. The quantitative estimate of drug-likeness (QED) is 0.381. The number of hydrogen-bond acceptors (Lipinski definition) is 4. The molecule has 3 aromatic rings. The highest BCUT2D eigenvalue weighted by atomic mass is 79.9. The van der Waals surface area contributed by atoms with Crippen molar-refractivity contribution in [1.29, 1.82) is 0 Å². The van der Waals surface area contributed by atoms with Gasteiger partial charge in [0.05, 0.1) is 11.9 Å². The van der Waals surface area contributed by atoms with Crippen LogP contribution in [0.2, 0.25) is 5.02 Å². The van der Waals surface area contributed by atoms with Gasteiger partial charge < -0.3 is 10.2 Å². The molecule has 7 nitrogen and oxygen atoms in total. The molecule has 0 fully saturated rings. The van der Waals surface area contributed by atoms with E-state index < -0.39 is 28.5 Å². The number of nitrogens with one attached hydrogen (secondary N) is 1. The number of carbonyl (C=O) groups is 2. The number of hydrogen-bond donors (Lipinski definition) is 1. The molecule has 0 saturated carbocycles. The van der Waals surface area contributed by atoms with Crippen molar-refractivity contribution in [3.8, 4) is 0 Å². The highest BCUT2D eigenvalue weighted by Crippen LogP contribution is 2.28. The fraction of sp³-hybridized carbons (Fsp3) is 0.231. The molecule has 0 spiro atoms. The Morgan fingerprint density at radius 1 is 0.972 bits per heavy atom. The number of rotatable bonds is 10. The Morgan fingerprint density at radius 2 is 1.58 bits per heavy atom. The predicted molar refractivity (Wildman–Crippen MR) is 146 cm³/mol. The lowest BCUT2D eigenvalue weighted by Crippen LogP contribution is -2.53. The van der Waals surface area contributed by atoms with E-state index in [4.69, 9.17) is 11.6 Å². The third kappa shape index (κ3) is 7.09. The number of amides is 2. The zero-order valence-electron chi connectivity index (χ0n) is 19.9. The Kier molecular flexibility index (Phi) is 9.53. The van der Waals surface area contributed by atoms with Crippen LogP contribution in [0.3, 0.4) is 0 Å². The number of sulfonamides is 1. The van der Waals surface area contributed by atoms with E-state index in [1.165, 1.54) is 11.9 Å². The molecule has 0 aliphatic rings. The summed E-state index contributed by atoms with van der Waals surface area (Å²) in [4.78, 5) is 28.3. The van der Waals surface area contributed by atoms with Gasteiger partial charge in [0.15, 0.2) is 0 Å². The molecule has 0 aliphatic heterocycles. The van der Waals surface area contributed by atoms with Crippen molar-refractivity contribution in [2.75, 3.05) is 24.2 Å². The van der Waals surface area contributed by atoms with Crippen LogP contribution >= 0.6 is 27.5 Å². The number of nitrogens with zero attached hydrogens (tertiary/aromatic N) is 2. The minimum atomic E-state index is -3.83. The predicted octanol–water partition coefficient (Wildman–Crippen LogP) is 4.25. The third-order valence-electron chi connectivity index (χ3n) is 5.62. The van der Waals surface area contributed by atoms with Crippen LogP contribution in [0, 0.1) is 0 Å². The first kappa shape index (κ1) is 27.7. The van der Waals surface area contributed by atoms with Crippen LogP contribution in [0.4, 0.5) is 5.69 Å². The topological polar surface area (TPSA) is 86.8 Å². The summed E-state index contributed by atoms with van der Waals surface area (Å²) in [5, 5.41) is 3.08. The zero-order chi connectivity index (χ0) is 26.3. The van der Waals surface area contributed by atoms with Crippen molar-refractivity contribution in [3.05, 3.63) is 99.5 Å². The molecule has 0 aromatic heterocycles. The van der Waals surface area contributed by atoms with E-state index >= 15 is 0 Å². The van der Waals surface area contributed by atoms with E-state index in [1.54, 1.807) is 48.5 Å². The maximum atomic E-state index is 13.8. The van der Waals surface area contributed by atoms with Crippen LogP contribution in [0.5, 0.6) is 0 Å². The van der Waals surface area contributed by atoms with Gasteiger partial charge in [0.2, 0.25) is 21.8 Å². The maximum Gasteiger partial charge on any atom is 0.244 e. The molecule has 3 rings (SSSR count). The van der Waals surface area contributed by atoms with Crippen LogP contribution in [-0.4, -0.2) is 51.0 Å². The van der Waals surface area contributed by atoms with E-state index in [0.717, 1.165) is 16.1 Å². The molecule has 0 saturated heterocycles. The molecule has 1 unspecified atom stereocenters. The standard InChI is InChI=1S/C26H27BrClN3O4S/c1-29-26(33)24(16-19-10-4-3-5-11-19)30(17-20-12-6-8-14-22(20)28)25(32)18-31(36(2,34)35)23-15-9-7-13-21(23)27/h3-15,24H,16-18H2,1-2H3,(H,29,33). The van der Waals surface area contributed by atoms with Crippen molar-refractivity contribution in [3.63, 3.8) is 0 Å². The Labute approximate surface area is 225 Å². The average Bonchev–Trinajstić information content (AvgIpc) is 2.85. The van der Waals surface area contributed by atoms with Gasteiger partial charge in [-0.25, -0.2) is 8.42 Å². The molecule has 10 heteroatoms. The van der Waals surface area contributed by atoms with Gasteiger partial charge in [-0.3, -0.25) is 13.9 Å². The summed E-state index contributed by atoms with van der Waals surface area (Å²) in [6.45, 7) is -0.467. The normalized spacial score (nSPS) is 12.0. The smallest absolute Gasteiger partial charge is 0.244 e. The van der Waals surface area contributed by atoms with Crippen molar-refractivity contribution >= 4 is 55.1 Å². The van der Waals surface area contributed by atoms with Crippen LogP contribution < -0.4 is 9.62 Å². The molecular formula is C26H27BrClN3O4S. The van der Waals surface area contributed by atoms with Crippen LogP contribution in [-0.2, 0) is 32.6 Å². The molecule has 1 N–H and O–H groups in total. The lowest BCUT2D eigenvalue weighted by Gasteiger charge is -2.33. The lowest BCUT2D eigenvalue weighted by molar-refractivity contribution is -0.139. The van der Waals surface area contributed by atoms with E-state index in [-0.39, 0.29) is 18.9 Å². The highest BCUT2D eigenvalue weighted by molar-refractivity contribution is 9.10. The van der Waals surface area contributed by atoms with Crippen molar-refractivity contribution in [1.82, 2.24) is 10.2 Å². The van der Waals surface area contributed by atoms with Gasteiger partial charge in [-0.1, -0.05) is 72.3 Å². The number of halogens is 2. The van der Waals surface area contributed by atoms with Gasteiger partial charge in [0, 0.05) is 29.5 Å². The second kappa shape index (κ2) is 12.4. The number of carbonyl (C=O) groups excluding carboxylic acids is 2. The average molecular weight is 593 g/mol. The first-order valence-corrected chi connectivity index (χ1v) is 14.1. The zero-order valence-corrected chi connectivity index (χ0v) is 23.1. The molecule has 0 bridgehead atoms. The summed E-state index contributed by atoms with van der Waals surface area (Å²) >= 11 is 9.77. The summed E-state index contributed by atoms with van der Waals surface area (Å²) in [5.74, 6) is -0.910. The Bertz CT molecular complexity index is 1320. The van der Waals surface area contributed by atoms with Gasteiger partial charge in [0.25, 0.3) is 0 Å². The number of benzene rings is 3. The van der Waals surface area contributed by atoms with E-state index in [0.29, 0.717) is 20.7 Å². The first-order chi connectivity index (χ1) is 17.1. The molecule has 0 radical (unpaired) electrons.